The van der Waals surface area contributed by atoms with Gasteiger partial charge in [-0.15, -0.1) is 0 Å². The molecule has 0 saturated carbocycles. The van der Waals surface area contributed by atoms with Crippen molar-refractivity contribution in [2.45, 2.75) is 71.3 Å². The van der Waals surface area contributed by atoms with Crippen molar-refractivity contribution >= 4 is 0 Å². The average Bonchev–Trinajstić information content (AvgIpc) is 2.73. The van der Waals surface area contributed by atoms with Crippen LogP contribution in [-0.2, 0) is 30.7 Å². The van der Waals surface area contributed by atoms with E-state index in [1.165, 1.54) is 64.3 Å². The molecule has 135 valence electrons. The number of hydrogen-bond acceptors (Lipinski definition) is 0. The predicted octanol–water partition coefficient (Wildman–Crippen LogP) is -8.14. The van der Waals surface area contributed by atoms with Gasteiger partial charge < -0.3 is 49.6 Å². The zero-order chi connectivity index (χ0) is 12.3. The van der Waals surface area contributed by atoms with E-state index in [4.69, 9.17) is 0 Å². The summed E-state index contributed by atoms with van der Waals surface area (Å²) < 4.78 is 4.38. The molecule has 1 heterocycles. The third-order valence-corrected chi connectivity index (χ3v) is 3.34. The number of aryl methyl sites for hydroxylation is 2. The second kappa shape index (κ2) is 24.1. The topological polar surface area (TPSA) is 8.81 Å². The Balaban J connectivity index is -0.000000193. The SMILES string of the molecule is CCCCCCCCCCCn1cc[n+](C)c1.[Cl-].[Cl-].[Cl-].[Cl-].[Fe+3]. The first-order chi connectivity index (χ1) is 8.33. The molecule has 2 nitrogen and oxygen atoms in total. The Hall–Kier alpha value is 0.889. The van der Waals surface area contributed by atoms with E-state index in [-0.39, 0.29) is 66.7 Å². The maximum Gasteiger partial charge on any atom is 3.00 e. The molecule has 0 saturated heterocycles. The second-order valence-corrected chi connectivity index (χ2v) is 5.15. The van der Waals surface area contributed by atoms with Gasteiger partial charge in [-0.1, -0.05) is 51.9 Å². The van der Waals surface area contributed by atoms with Gasteiger partial charge in [-0.3, -0.25) is 0 Å². The largest absolute Gasteiger partial charge is 3.00 e. The zero-order valence-corrected chi connectivity index (χ0v) is 17.7. The summed E-state index contributed by atoms with van der Waals surface area (Å²) in [4.78, 5) is 0. The molecule has 1 aromatic heterocycles. The number of nitrogens with zero attached hydrogens (tertiary/aromatic N) is 2. The van der Waals surface area contributed by atoms with Gasteiger partial charge in [0, 0.05) is 0 Å². The molecule has 1 radical (unpaired) electrons. The van der Waals surface area contributed by atoms with Crippen LogP contribution in [0.25, 0.3) is 0 Å². The Kier molecular flexibility index (Phi) is 37.6. The molecule has 0 aliphatic carbocycles. The quantitative estimate of drug-likeness (QED) is 0.196. The standard InChI is InChI=1S/C15H29N2.4ClH.Fe/c1-3-4-5-6-7-8-9-10-11-12-17-14-13-16(2)15-17;;;;;/h13-15H,3-12H2,1-2H3;4*1H;/q+1;;;;;+3/p-4. The van der Waals surface area contributed by atoms with E-state index < -0.39 is 0 Å². The number of imidazole rings is 1. The maximum absolute atomic E-state index is 2.28. The maximum atomic E-state index is 2.28. The fourth-order valence-corrected chi connectivity index (χ4v) is 2.24. The van der Waals surface area contributed by atoms with E-state index in [1.54, 1.807) is 0 Å². The van der Waals surface area contributed by atoms with E-state index in [2.05, 4.69) is 41.8 Å². The van der Waals surface area contributed by atoms with Gasteiger partial charge in [-0.05, 0) is 12.8 Å². The minimum Gasteiger partial charge on any atom is -1.00 e. The molecule has 22 heavy (non-hydrogen) atoms. The Bertz CT molecular complexity index is 299. The summed E-state index contributed by atoms with van der Waals surface area (Å²) in [6.07, 6.45) is 19.1. The number of hydrogen-bond donors (Lipinski definition) is 0. The molecule has 0 atom stereocenters. The molecule has 0 aliphatic heterocycles. The molecular formula is C15H29Cl4FeN2. The molecular weight excluding hydrogens is 406 g/mol. The van der Waals surface area contributed by atoms with E-state index in [1.807, 2.05) is 0 Å². The minimum absolute atomic E-state index is 0. The van der Waals surface area contributed by atoms with Crippen molar-refractivity contribution < 1.29 is 71.3 Å². The van der Waals surface area contributed by atoms with Gasteiger partial charge >= 0.3 is 17.1 Å². The molecule has 0 spiro atoms. The van der Waals surface area contributed by atoms with E-state index in [9.17, 15) is 0 Å². The van der Waals surface area contributed by atoms with Crippen LogP contribution in [0, 0.1) is 0 Å². The fraction of sp³-hybridized carbons (Fsp3) is 0.800. The average molecular weight is 435 g/mol. The van der Waals surface area contributed by atoms with Crippen molar-refractivity contribution in [3.05, 3.63) is 18.7 Å². The molecule has 0 unspecified atom stereocenters. The van der Waals surface area contributed by atoms with E-state index >= 15 is 0 Å². The first-order valence-corrected chi connectivity index (χ1v) is 7.34. The normalized spacial score (nSPS) is 8.45. The van der Waals surface area contributed by atoms with Crippen LogP contribution in [0.1, 0.15) is 64.7 Å². The van der Waals surface area contributed by atoms with Crippen LogP contribution < -0.4 is 54.2 Å². The molecule has 0 amide bonds. The summed E-state index contributed by atoms with van der Waals surface area (Å²) in [5.74, 6) is 0. The molecule has 7 heteroatoms. The summed E-state index contributed by atoms with van der Waals surface area (Å²) >= 11 is 0. The van der Waals surface area contributed by atoms with Gasteiger partial charge in [0.2, 0.25) is 6.33 Å². The van der Waals surface area contributed by atoms with Gasteiger partial charge in [-0.25, -0.2) is 9.13 Å². The smallest absolute Gasteiger partial charge is 1.00 e. The van der Waals surface area contributed by atoms with Crippen LogP contribution in [-0.4, -0.2) is 4.57 Å². The fourth-order valence-electron chi connectivity index (χ4n) is 2.24. The van der Waals surface area contributed by atoms with Crippen molar-refractivity contribution in [3.63, 3.8) is 0 Å². The van der Waals surface area contributed by atoms with Gasteiger partial charge in [0.15, 0.2) is 0 Å². The van der Waals surface area contributed by atoms with Crippen molar-refractivity contribution in [3.8, 4) is 0 Å². The zero-order valence-electron chi connectivity index (χ0n) is 13.6. The molecule has 1 aromatic rings. The van der Waals surface area contributed by atoms with Crippen LogP contribution in [0.15, 0.2) is 18.7 Å². The number of unbranched alkanes of at least 4 members (excludes halogenated alkanes) is 8. The summed E-state index contributed by atoms with van der Waals surface area (Å²) in [5, 5.41) is 0. The Morgan fingerprint density at radius 3 is 1.64 bits per heavy atom. The van der Waals surface area contributed by atoms with Crippen molar-refractivity contribution in [2.75, 3.05) is 0 Å². The number of aromatic nitrogens is 2. The van der Waals surface area contributed by atoms with Crippen LogP contribution in [0.3, 0.4) is 0 Å². The third kappa shape index (κ3) is 18.9. The van der Waals surface area contributed by atoms with Gasteiger partial charge in [0.1, 0.15) is 12.4 Å². The van der Waals surface area contributed by atoms with Crippen molar-refractivity contribution in [2.24, 2.45) is 7.05 Å². The molecule has 1 rings (SSSR count). The molecule has 0 aliphatic rings. The van der Waals surface area contributed by atoms with Crippen LogP contribution in [0.2, 0.25) is 0 Å². The van der Waals surface area contributed by atoms with Gasteiger partial charge in [0.25, 0.3) is 0 Å². The first kappa shape index (κ1) is 34.3. The summed E-state index contributed by atoms with van der Waals surface area (Å²) in [7, 11) is 2.08. The molecule has 0 fully saturated rings. The Labute approximate surface area is 172 Å². The van der Waals surface area contributed by atoms with Crippen molar-refractivity contribution in [1.82, 2.24) is 4.57 Å². The summed E-state index contributed by atoms with van der Waals surface area (Å²) in [6, 6.07) is 0. The first-order valence-electron chi connectivity index (χ1n) is 7.34. The van der Waals surface area contributed by atoms with Crippen LogP contribution >= 0.6 is 0 Å². The van der Waals surface area contributed by atoms with Gasteiger partial charge in [-0.2, -0.15) is 0 Å². The van der Waals surface area contributed by atoms with Crippen LogP contribution in [0.4, 0.5) is 0 Å². The molecule has 0 N–H and O–H groups in total. The third-order valence-electron chi connectivity index (χ3n) is 3.34. The minimum atomic E-state index is 0. The van der Waals surface area contributed by atoms with E-state index in [0.717, 1.165) is 0 Å². The predicted molar refractivity (Wildman–Crippen MR) is 72.8 cm³/mol. The number of halogens is 4. The van der Waals surface area contributed by atoms with E-state index in [0.29, 0.717) is 0 Å². The van der Waals surface area contributed by atoms with Gasteiger partial charge in [0.05, 0.1) is 13.6 Å². The van der Waals surface area contributed by atoms with Crippen LogP contribution in [0.5, 0.6) is 0 Å². The Morgan fingerprint density at radius 1 is 0.773 bits per heavy atom. The molecule has 0 bridgehead atoms. The summed E-state index contributed by atoms with van der Waals surface area (Å²) in [6.45, 7) is 3.46. The number of rotatable bonds is 10. The summed E-state index contributed by atoms with van der Waals surface area (Å²) in [5.41, 5.74) is 0. The second-order valence-electron chi connectivity index (χ2n) is 5.15. The monoisotopic (exact) mass is 433 g/mol. The van der Waals surface area contributed by atoms with Crippen molar-refractivity contribution in [1.29, 1.82) is 0 Å². The Morgan fingerprint density at radius 2 is 1.23 bits per heavy atom. The molecule has 0 aromatic carbocycles.